The lowest BCUT2D eigenvalue weighted by molar-refractivity contribution is 0.112. The molecular formula is C12H8N2OS. The summed E-state index contributed by atoms with van der Waals surface area (Å²) in [6.07, 6.45) is 2.67. The van der Waals surface area contributed by atoms with E-state index in [1.165, 1.54) is 11.8 Å². The number of fused-ring (bicyclic) bond motifs is 1. The van der Waals surface area contributed by atoms with E-state index in [4.69, 9.17) is 5.26 Å². The van der Waals surface area contributed by atoms with Crippen LogP contribution < -0.4 is 0 Å². The second-order valence-corrected chi connectivity index (χ2v) is 4.02. The van der Waals surface area contributed by atoms with Crippen LogP contribution in [0.2, 0.25) is 0 Å². The molecule has 0 spiro atoms. The van der Waals surface area contributed by atoms with Gasteiger partial charge in [0.25, 0.3) is 0 Å². The zero-order valence-electron chi connectivity index (χ0n) is 8.60. The predicted octanol–water partition coefficient (Wildman–Crippen LogP) is 2.64. The first kappa shape index (κ1) is 10.7. The van der Waals surface area contributed by atoms with Crippen molar-refractivity contribution in [3.05, 3.63) is 35.4 Å². The van der Waals surface area contributed by atoms with E-state index in [1.54, 1.807) is 24.3 Å². The Kier molecular flexibility index (Phi) is 2.88. The van der Waals surface area contributed by atoms with Crippen LogP contribution in [0.1, 0.15) is 15.9 Å². The van der Waals surface area contributed by atoms with Crippen molar-refractivity contribution in [3.8, 4) is 6.07 Å². The van der Waals surface area contributed by atoms with Gasteiger partial charge in [0.05, 0.1) is 11.1 Å². The third-order valence-electron chi connectivity index (χ3n) is 2.25. The van der Waals surface area contributed by atoms with Crippen LogP contribution in [0.5, 0.6) is 0 Å². The summed E-state index contributed by atoms with van der Waals surface area (Å²) in [6, 6.07) is 9.12. The number of aldehydes is 1. The highest BCUT2D eigenvalue weighted by Gasteiger charge is 2.05. The van der Waals surface area contributed by atoms with E-state index in [0.717, 1.165) is 17.2 Å². The van der Waals surface area contributed by atoms with Gasteiger partial charge in [-0.1, -0.05) is 0 Å². The Balaban J connectivity index is 2.74. The van der Waals surface area contributed by atoms with Crippen molar-refractivity contribution in [3.63, 3.8) is 0 Å². The van der Waals surface area contributed by atoms with Gasteiger partial charge in [-0.15, -0.1) is 11.8 Å². The van der Waals surface area contributed by atoms with Crippen LogP contribution >= 0.6 is 11.8 Å². The molecule has 0 radical (unpaired) electrons. The number of nitrogens with zero attached hydrogens (tertiary/aromatic N) is 2. The second-order valence-electron chi connectivity index (χ2n) is 3.23. The third-order valence-corrected chi connectivity index (χ3v) is 2.95. The highest BCUT2D eigenvalue weighted by Crippen LogP contribution is 2.23. The molecule has 0 N–H and O–H groups in total. The minimum absolute atomic E-state index is 0.544. The zero-order chi connectivity index (χ0) is 11.5. The largest absolute Gasteiger partial charge is 0.298 e. The molecule has 0 aliphatic carbocycles. The third kappa shape index (κ3) is 1.77. The molecule has 0 atom stereocenters. The first-order valence-electron chi connectivity index (χ1n) is 4.62. The zero-order valence-corrected chi connectivity index (χ0v) is 9.41. The number of hydrogen-bond acceptors (Lipinski definition) is 4. The molecule has 0 saturated heterocycles. The minimum atomic E-state index is 0.544. The van der Waals surface area contributed by atoms with Crippen LogP contribution in [0.25, 0.3) is 10.9 Å². The monoisotopic (exact) mass is 228 g/mol. The van der Waals surface area contributed by atoms with Crippen molar-refractivity contribution in [1.82, 2.24) is 4.98 Å². The van der Waals surface area contributed by atoms with E-state index >= 15 is 0 Å². The van der Waals surface area contributed by atoms with Crippen LogP contribution in [0, 0.1) is 11.3 Å². The Morgan fingerprint density at radius 1 is 1.44 bits per heavy atom. The number of carbonyl (C=O) groups is 1. The summed E-state index contributed by atoms with van der Waals surface area (Å²) in [4.78, 5) is 15.0. The summed E-state index contributed by atoms with van der Waals surface area (Å²) in [5, 5.41) is 10.5. The molecular weight excluding hydrogens is 220 g/mol. The molecule has 1 heterocycles. The van der Waals surface area contributed by atoms with Crippen LogP contribution in [0.15, 0.2) is 29.3 Å². The maximum absolute atomic E-state index is 10.6. The molecule has 2 rings (SSSR count). The molecule has 0 unspecified atom stereocenters. The first-order chi connectivity index (χ1) is 7.78. The van der Waals surface area contributed by atoms with Crippen molar-refractivity contribution in [2.45, 2.75) is 5.03 Å². The quantitative estimate of drug-likeness (QED) is 0.585. The summed E-state index contributed by atoms with van der Waals surface area (Å²) < 4.78 is 0. The Bertz CT molecular complexity index is 602. The fraction of sp³-hybridized carbons (Fsp3) is 0.0833. The number of thioether (sulfide) groups is 1. The molecule has 3 nitrogen and oxygen atoms in total. The normalized spacial score (nSPS) is 10.0. The highest BCUT2D eigenvalue weighted by molar-refractivity contribution is 7.98. The molecule has 0 saturated carbocycles. The van der Waals surface area contributed by atoms with Crippen molar-refractivity contribution in [2.24, 2.45) is 0 Å². The van der Waals surface area contributed by atoms with Crippen LogP contribution in [-0.4, -0.2) is 17.5 Å². The van der Waals surface area contributed by atoms with Gasteiger partial charge in [-0.25, -0.2) is 4.98 Å². The summed E-state index contributed by atoms with van der Waals surface area (Å²) in [5.41, 5.74) is 1.94. The summed E-state index contributed by atoms with van der Waals surface area (Å²) >= 11 is 1.44. The van der Waals surface area contributed by atoms with Gasteiger partial charge in [0.2, 0.25) is 0 Å². The number of rotatable bonds is 2. The van der Waals surface area contributed by atoms with Gasteiger partial charge in [0, 0.05) is 10.9 Å². The fourth-order valence-corrected chi connectivity index (χ4v) is 2.00. The SMILES string of the molecule is CSc1nc2ccc(C=O)cc2cc1C#N. The summed E-state index contributed by atoms with van der Waals surface area (Å²) in [7, 11) is 0. The van der Waals surface area contributed by atoms with E-state index < -0.39 is 0 Å². The van der Waals surface area contributed by atoms with Crippen LogP contribution in [-0.2, 0) is 0 Å². The lowest BCUT2D eigenvalue weighted by Gasteiger charge is -2.03. The van der Waals surface area contributed by atoms with Crippen molar-refractivity contribution < 1.29 is 4.79 Å². The highest BCUT2D eigenvalue weighted by atomic mass is 32.2. The molecule has 1 aromatic heterocycles. The van der Waals surface area contributed by atoms with Crippen LogP contribution in [0.3, 0.4) is 0 Å². The second kappa shape index (κ2) is 4.33. The number of benzene rings is 1. The van der Waals surface area contributed by atoms with Crippen molar-refractivity contribution >= 4 is 29.0 Å². The Morgan fingerprint density at radius 2 is 2.25 bits per heavy atom. The van der Waals surface area contributed by atoms with E-state index in [2.05, 4.69) is 11.1 Å². The van der Waals surface area contributed by atoms with E-state index in [-0.39, 0.29) is 0 Å². The number of hydrogen-bond donors (Lipinski definition) is 0. The molecule has 1 aromatic carbocycles. The van der Waals surface area contributed by atoms with Gasteiger partial charge in [-0.3, -0.25) is 4.79 Å². The van der Waals surface area contributed by atoms with Crippen LogP contribution in [0.4, 0.5) is 0 Å². The molecule has 4 heteroatoms. The maximum atomic E-state index is 10.6. The van der Waals surface area contributed by atoms with Crippen molar-refractivity contribution in [1.29, 1.82) is 5.26 Å². The fourth-order valence-electron chi connectivity index (χ4n) is 1.49. The maximum Gasteiger partial charge on any atom is 0.150 e. The molecule has 0 amide bonds. The molecule has 2 aromatic rings. The average molecular weight is 228 g/mol. The molecule has 0 aliphatic heterocycles. The lowest BCUT2D eigenvalue weighted by atomic mass is 10.1. The molecule has 0 aliphatic rings. The first-order valence-corrected chi connectivity index (χ1v) is 5.85. The van der Waals surface area contributed by atoms with Crippen molar-refractivity contribution in [2.75, 3.05) is 6.26 Å². The number of pyridine rings is 1. The van der Waals surface area contributed by atoms with E-state index in [9.17, 15) is 4.79 Å². The predicted molar refractivity (Wildman–Crippen MR) is 63.6 cm³/mol. The Morgan fingerprint density at radius 3 is 2.88 bits per heavy atom. The number of aromatic nitrogens is 1. The van der Waals surface area contributed by atoms with Gasteiger partial charge in [-0.2, -0.15) is 5.26 Å². The van der Waals surface area contributed by atoms with E-state index in [1.807, 2.05) is 6.26 Å². The van der Waals surface area contributed by atoms with Gasteiger partial charge < -0.3 is 0 Å². The average Bonchev–Trinajstić information content (AvgIpc) is 2.36. The minimum Gasteiger partial charge on any atom is -0.298 e. The van der Waals surface area contributed by atoms with E-state index in [0.29, 0.717) is 16.2 Å². The number of carbonyl (C=O) groups excluding carboxylic acids is 1. The van der Waals surface area contributed by atoms with Gasteiger partial charge in [-0.05, 0) is 30.5 Å². The topological polar surface area (TPSA) is 53.8 Å². The smallest absolute Gasteiger partial charge is 0.150 e. The summed E-state index contributed by atoms with van der Waals surface area (Å²) in [5.74, 6) is 0. The molecule has 0 bridgehead atoms. The number of nitriles is 1. The van der Waals surface area contributed by atoms with Gasteiger partial charge in [0.1, 0.15) is 17.4 Å². The van der Waals surface area contributed by atoms with Gasteiger partial charge >= 0.3 is 0 Å². The molecule has 16 heavy (non-hydrogen) atoms. The molecule has 0 fully saturated rings. The Labute approximate surface area is 97.1 Å². The lowest BCUT2D eigenvalue weighted by Crippen LogP contribution is -1.89. The summed E-state index contributed by atoms with van der Waals surface area (Å²) in [6.45, 7) is 0. The standard InChI is InChI=1S/C12H8N2OS/c1-16-12-10(6-13)5-9-4-8(7-15)2-3-11(9)14-12/h2-5,7H,1H3. The van der Waals surface area contributed by atoms with Gasteiger partial charge in [0.15, 0.2) is 0 Å². The molecule has 78 valence electrons. The Hall–Kier alpha value is -1.86.